The molecule has 3 aromatic rings. The minimum Gasteiger partial charge on any atom is -0.477 e. The topological polar surface area (TPSA) is 136 Å². The molecule has 3 heterocycles. The van der Waals surface area contributed by atoms with E-state index in [9.17, 15) is 13.2 Å². The molecule has 12 heteroatoms. The van der Waals surface area contributed by atoms with Gasteiger partial charge in [-0.2, -0.15) is 0 Å². The second-order valence-electron chi connectivity index (χ2n) is 8.70. The van der Waals surface area contributed by atoms with E-state index in [0.29, 0.717) is 36.6 Å². The standard InChI is InChI=1S/C25H29FN6O4S/c1-3-25(26,21-13-18(11-12-28-21)32-37(34,35)19-7-5-6-8-19)24(33)31-22-10-9-17(14-29-22)20-15-27-16-23(30-20)36-4-2/h9-16,19H,3-8H2,1-2H3,(H,28,32)(H,29,31,33)/t25-/m0/s1. The van der Waals surface area contributed by atoms with Crippen molar-refractivity contribution in [1.29, 1.82) is 0 Å². The molecule has 10 nitrogen and oxygen atoms in total. The van der Waals surface area contributed by atoms with Gasteiger partial charge in [0.1, 0.15) is 5.82 Å². The molecule has 37 heavy (non-hydrogen) atoms. The molecule has 196 valence electrons. The van der Waals surface area contributed by atoms with E-state index in [2.05, 4.69) is 30.0 Å². The van der Waals surface area contributed by atoms with E-state index in [1.165, 1.54) is 43.7 Å². The molecule has 1 amide bonds. The predicted molar refractivity (Wildman–Crippen MR) is 137 cm³/mol. The molecule has 0 aromatic carbocycles. The van der Waals surface area contributed by atoms with Crippen molar-refractivity contribution in [3.63, 3.8) is 0 Å². The lowest BCUT2D eigenvalue weighted by atomic mass is 9.96. The van der Waals surface area contributed by atoms with Crippen LogP contribution in [0, 0.1) is 0 Å². The number of hydrogen-bond donors (Lipinski definition) is 2. The van der Waals surface area contributed by atoms with E-state index >= 15 is 4.39 Å². The third kappa shape index (κ3) is 6.01. The fourth-order valence-electron chi connectivity index (χ4n) is 4.15. The van der Waals surface area contributed by atoms with Crippen molar-refractivity contribution in [2.75, 3.05) is 16.6 Å². The van der Waals surface area contributed by atoms with Gasteiger partial charge in [0.2, 0.25) is 21.6 Å². The first kappa shape index (κ1) is 26.4. The number of pyridine rings is 2. The number of nitrogens with one attached hydrogen (secondary N) is 2. The van der Waals surface area contributed by atoms with Crippen LogP contribution < -0.4 is 14.8 Å². The molecule has 0 unspecified atom stereocenters. The van der Waals surface area contributed by atoms with Gasteiger partial charge in [-0.1, -0.05) is 19.8 Å². The van der Waals surface area contributed by atoms with Gasteiger partial charge >= 0.3 is 0 Å². The van der Waals surface area contributed by atoms with Crippen molar-refractivity contribution in [2.24, 2.45) is 0 Å². The van der Waals surface area contributed by atoms with Crippen LogP contribution in [-0.2, 0) is 20.5 Å². The van der Waals surface area contributed by atoms with Crippen LogP contribution in [0.2, 0.25) is 0 Å². The monoisotopic (exact) mass is 528 g/mol. The third-order valence-electron chi connectivity index (χ3n) is 6.22. The molecule has 0 aliphatic heterocycles. The number of carbonyl (C=O) groups is 1. The number of halogens is 1. The summed E-state index contributed by atoms with van der Waals surface area (Å²) in [5.74, 6) is -0.448. The molecule has 0 spiro atoms. The number of carbonyl (C=O) groups excluding carboxylic acids is 1. The molecule has 1 atom stereocenters. The van der Waals surface area contributed by atoms with Crippen LogP contribution >= 0.6 is 0 Å². The second kappa shape index (κ2) is 11.2. The molecular weight excluding hydrogens is 499 g/mol. The molecule has 1 saturated carbocycles. The van der Waals surface area contributed by atoms with Gasteiger partial charge in [-0.25, -0.2) is 22.8 Å². The lowest BCUT2D eigenvalue weighted by Crippen LogP contribution is -2.37. The summed E-state index contributed by atoms with van der Waals surface area (Å²) < 4.78 is 49.2. The molecule has 2 N–H and O–H groups in total. The minimum absolute atomic E-state index is 0.135. The van der Waals surface area contributed by atoms with Gasteiger partial charge in [-0.05, 0) is 50.5 Å². The molecule has 3 aromatic heterocycles. The van der Waals surface area contributed by atoms with Gasteiger partial charge in [0.15, 0.2) is 0 Å². The lowest BCUT2D eigenvalue weighted by Gasteiger charge is -2.23. The third-order valence-corrected chi connectivity index (χ3v) is 8.09. The number of ether oxygens (including phenoxy) is 1. The van der Waals surface area contributed by atoms with E-state index in [1.54, 1.807) is 12.3 Å². The van der Waals surface area contributed by atoms with Crippen LogP contribution in [0.3, 0.4) is 0 Å². The molecule has 0 bridgehead atoms. The number of hydrogen-bond acceptors (Lipinski definition) is 8. The van der Waals surface area contributed by atoms with Gasteiger partial charge in [0, 0.05) is 18.0 Å². The largest absolute Gasteiger partial charge is 0.477 e. The first-order valence-electron chi connectivity index (χ1n) is 12.1. The molecule has 1 aliphatic carbocycles. The SMILES string of the molecule is CCOc1cncc(-c2ccc(NC(=O)[C@](F)(CC)c3cc(NS(=O)(=O)C4CCCC4)ccn3)nc2)n1. The maximum absolute atomic E-state index is 16.0. The summed E-state index contributed by atoms with van der Waals surface area (Å²) in [7, 11) is -3.61. The number of amides is 1. The van der Waals surface area contributed by atoms with Crippen LogP contribution in [0.1, 0.15) is 51.6 Å². The Bertz CT molecular complexity index is 1350. The maximum Gasteiger partial charge on any atom is 0.269 e. The fourth-order valence-corrected chi connectivity index (χ4v) is 5.73. The van der Waals surface area contributed by atoms with E-state index in [4.69, 9.17) is 4.74 Å². The zero-order chi connectivity index (χ0) is 26.5. The van der Waals surface area contributed by atoms with Crippen LogP contribution in [0.5, 0.6) is 5.88 Å². The number of alkyl halides is 1. The smallest absolute Gasteiger partial charge is 0.269 e. The first-order chi connectivity index (χ1) is 17.7. The minimum atomic E-state index is -3.61. The number of rotatable bonds is 10. The Morgan fingerprint density at radius 1 is 1.14 bits per heavy atom. The van der Waals surface area contributed by atoms with Gasteiger partial charge < -0.3 is 10.1 Å². The highest BCUT2D eigenvalue weighted by molar-refractivity contribution is 7.93. The first-order valence-corrected chi connectivity index (χ1v) is 13.7. The van der Waals surface area contributed by atoms with Crippen molar-refractivity contribution in [3.05, 3.63) is 54.7 Å². The summed E-state index contributed by atoms with van der Waals surface area (Å²) in [5, 5.41) is 2.01. The number of nitrogens with zero attached hydrogens (tertiary/aromatic N) is 4. The van der Waals surface area contributed by atoms with Crippen molar-refractivity contribution in [3.8, 4) is 17.1 Å². The van der Waals surface area contributed by atoms with Crippen LogP contribution in [0.4, 0.5) is 15.9 Å². The summed E-state index contributed by atoms with van der Waals surface area (Å²) in [5.41, 5.74) is -1.37. The van der Waals surface area contributed by atoms with Crippen LogP contribution in [-0.4, -0.2) is 46.1 Å². The second-order valence-corrected chi connectivity index (χ2v) is 10.7. The summed E-state index contributed by atoms with van der Waals surface area (Å²) in [6, 6.07) is 5.90. The highest BCUT2D eigenvalue weighted by atomic mass is 32.2. The van der Waals surface area contributed by atoms with Crippen molar-refractivity contribution < 1.29 is 22.3 Å². The van der Waals surface area contributed by atoms with E-state index < -0.39 is 26.8 Å². The molecule has 4 rings (SSSR count). The summed E-state index contributed by atoms with van der Waals surface area (Å²) >= 11 is 0. The Hall–Kier alpha value is -3.67. The average molecular weight is 529 g/mol. The van der Waals surface area contributed by atoms with Crippen molar-refractivity contribution in [1.82, 2.24) is 19.9 Å². The van der Waals surface area contributed by atoms with Crippen molar-refractivity contribution in [2.45, 2.75) is 56.9 Å². The number of aromatic nitrogens is 4. The lowest BCUT2D eigenvalue weighted by molar-refractivity contribution is -0.128. The van der Waals surface area contributed by atoms with Gasteiger partial charge in [-0.3, -0.25) is 19.5 Å². The Morgan fingerprint density at radius 3 is 2.59 bits per heavy atom. The van der Waals surface area contributed by atoms with E-state index in [1.807, 2.05) is 6.92 Å². The molecule has 0 radical (unpaired) electrons. The van der Waals surface area contributed by atoms with Crippen LogP contribution in [0.15, 0.2) is 49.1 Å². The highest BCUT2D eigenvalue weighted by Crippen LogP contribution is 2.32. The Balaban J connectivity index is 1.49. The Labute approximate surface area is 215 Å². The average Bonchev–Trinajstić information content (AvgIpc) is 3.45. The summed E-state index contributed by atoms with van der Waals surface area (Å²) in [6.07, 6.45) is 8.51. The van der Waals surface area contributed by atoms with E-state index in [-0.39, 0.29) is 23.6 Å². The summed E-state index contributed by atoms with van der Waals surface area (Å²) in [6.45, 7) is 3.81. The predicted octanol–water partition coefficient (Wildman–Crippen LogP) is 4.23. The molecule has 1 aliphatic rings. The molecular formula is C25H29FN6O4S. The zero-order valence-corrected chi connectivity index (χ0v) is 21.5. The summed E-state index contributed by atoms with van der Waals surface area (Å²) in [4.78, 5) is 29.7. The van der Waals surface area contributed by atoms with Gasteiger partial charge in [0.05, 0.1) is 41.3 Å². The molecule has 0 saturated heterocycles. The van der Waals surface area contributed by atoms with Gasteiger partial charge in [0.25, 0.3) is 5.91 Å². The van der Waals surface area contributed by atoms with Crippen molar-refractivity contribution >= 4 is 27.4 Å². The van der Waals surface area contributed by atoms with Gasteiger partial charge in [-0.15, -0.1) is 0 Å². The number of sulfonamides is 1. The quantitative estimate of drug-likeness (QED) is 0.399. The van der Waals surface area contributed by atoms with Crippen LogP contribution in [0.25, 0.3) is 11.3 Å². The normalized spacial score (nSPS) is 15.6. The zero-order valence-electron chi connectivity index (χ0n) is 20.6. The van der Waals surface area contributed by atoms with E-state index in [0.717, 1.165) is 12.8 Å². The maximum atomic E-state index is 16.0. The number of anilines is 2. The molecule has 1 fully saturated rings. The highest BCUT2D eigenvalue weighted by Gasteiger charge is 2.41. The fraction of sp³-hybridized carbons (Fsp3) is 0.400. The Kier molecular flexibility index (Phi) is 7.96. The Morgan fingerprint density at radius 2 is 1.92 bits per heavy atom.